The minimum Gasteiger partial charge on any atom is -0.369 e. The highest BCUT2D eigenvalue weighted by Crippen LogP contribution is 2.17. The fraction of sp³-hybridized carbons (Fsp3) is 0.273. The Bertz CT molecular complexity index is 617. The van der Waals surface area contributed by atoms with Crippen LogP contribution in [0.3, 0.4) is 0 Å². The van der Waals surface area contributed by atoms with Crippen molar-refractivity contribution in [2.24, 2.45) is 5.73 Å². The number of likely N-dealkylation sites (N-methyl/N-ethyl adjacent to an activating group) is 1. The highest BCUT2D eigenvalue weighted by atomic mass is 32.2. The molecule has 0 aromatic heterocycles. The minimum absolute atomic E-state index is 0.0303. The molecule has 0 bridgehead atoms. The number of rotatable bonds is 4. The number of amides is 1. The molecular formula is C11H13N3O3S. The Morgan fingerprint density at radius 2 is 2.11 bits per heavy atom. The highest BCUT2D eigenvalue weighted by Gasteiger charge is 2.22. The molecule has 1 aromatic carbocycles. The first-order valence-corrected chi connectivity index (χ1v) is 6.48. The van der Waals surface area contributed by atoms with E-state index in [9.17, 15) is 13.2 Å². The zero-order valence-electron chi connectivity index (χ0n) is 10.0. The van der Waals surface area contributed by atoms with Crippen LogP contribution in [0.5, 0.6) is 0 Å². The predicted molar refractivity (Wildman–Crippen MR) is 64.9 cm³/mol. The number of aryl methyl sites for hydroxylation is 1. The fourth-order valence-corrected chi connectivity index (χ4v) is 2.63. The quantitative estimate of drug-likeness (QED) is 0.827. The molecule has 2 N–H and O–H groups in total. The molecule has 0 atom stereocenters. The first kappa shape index (κ1) is 14.2. The highest BCUT2D eigenvalue weighted by molar-refractivity contribution is 7.89. The first-order chi connectivity index (χ1) is 8.28. The molecule has 0 unspecified atom stereocenters. The number of carbonyl (C=O) groups excluding carboxylic acids is 1. The summed E-state index contributed by atoms with van der Waals surface area (Å²) in [4.78, 5) is 10.8. The van der Waals surface area contributed by atoms with Crippen LogP contribution in [-0.2, 0) is 14.8 Å². The van der Waals surface area contributed by atoms with Gasteiger partial charge in [-0.05, 0) is 30.7 Å². The predicted octanol–water partition coefficient (Wildman–Crippen LogP) is -0.0275. The summed E-state index contributed by atoms with van der Waals surface area (Å²) in [7, 11) is -2.49. The lowest BCUT2D eigenvalue weighted by Crippen LogP contribution is -2.35. The number of hydrogen-bond acceptors (Lipinski definition) is 4. The van der Waals surface area contributed by atoms with E-state index in [1.165, 1.54) is 25.2 Å². The smallest absolute Gasteiger partial charge is 0.243 e. The summed E-state index contributed by atoms with van der Waals surface area (Å²) in [5.74, 6) is -0.730. The summed E-state index contributed by atoms with van der Waals surface area (Å²) in [6, 6.07) is 6.11. The van der Waals surface area contributed by atoms with Crippen molar-refractivity contribution in [3.05, 3.63) is 29.3 Å². The summed E-state index contributed by atoms with van der Waals surface area (Å²) in [5.41, 5.74) is 5.93. The summed E-state index contributed by atoms with van der Waals surface area (Å²) < 4.78 is 25.0. The van der Waals surface area contributed by atoms with E-state index in [1.807, 2.05) is 6.07 Å². The number of nitrogens with two attached hydrogens (primary N) is 1. The van der Waals surface area contributed by atoms with Crippen molar-refractivity contribution >= 4 is 15.9 Å². The van der Waals surface area contributed by atoms with Crippen LogP contribution in [-0.4, -0.2) is 32.2 Å². The van der Waals surface area contributed by atoms with Gasteiger partial charge in [0, 0.05) is 7.05 Å². The van der Waals surface area contributed by atoms with Gasteiger partial charge in [-0.25, -0.2) is 8.42 Å². The zero-order chi connectivity index (χ0) is 13.9. The van der Waals surface area contributed by atoms with E-state index in [-0.39, 0.29) is 11.4 Å². The number of hydrogen-bond donors (Lipinski definition) is 1. The van der Waals surface area contributed by atoms with Crippen molar-refractivity contribution in [3.8, 4) is 6.07 Å². The summed E-state index contributed by atoms with van der Waals surface area (Å²) in [6.45, 7) is 1.26. The SMILES string of the molecule is Cc1cc(S(=O)(=O)N(C)CC(N)=O)ccc1C#N. The maximum atomic E-state index is 12.1. The molecule has 1 aromatic rings. The Labute approximate surface area is 106 Å². The molecule has 0 aliphatic rings. The van der Waals surface area contributed by atoms with Crippen LogP contribution in [0.15, 0.2) is 23.1 Å². The second kappa shape index (κ2) is 5.16. The van der Waals surface area contributed by atoms with E-state index in [0.29, 0.717) is 11.1 Å². The largest absolute Gasteiger partial charge is 0.369 e. The molecule has 0 saturated carbocycles. The third-order valence-electron chi connectivity index (χ3n) is 2.40. The lowest BCUT2D eigenvalue weighted by atomic mass is 10.1. The summed E-state index contributed by atoms with van der Waals surface area (Å²) in [5, 5.41) is 8.77. The van der Waals surface area contributed by atoms with E-state index >= 15 is 0 Å². The molecular weight excluding hydrogens is 254 g/mol. The summed E-state index contributed by atoms with van der Waals surface area (Å²) >= 11 is 0. The third kappa shape index (κ3) is 2.85. The van der Waals surface area contributed by atoms with Crippen molar-refractivity contribution < 1.29 is 13.2 Å². The monoisotopic (exact) mass is 267 g/mol. The molecule has 0 fully saturated rings. The molecule has 0 spiro atoms. The number of benzene rings is 1. The number of nitriles is 1. The van der Waals surface area contributed by atoms with Crippen molar-refractivity contribution in [1.29, 1.82) is 5.26 Å². The second-order valence-corrected chi connectivity index (χ2v) is 5.86. The normalized spacial score (nSPS) is 11.2. The van der Waals surface area contributed by atoms with Gasteiger partial charge in [-0.15, -0.1) is 0 Å². The number of carbonyl (C=O) groups is 1. The second-order valence-electron chi connectivity index (χ2n) is 3.82. The van der Waals surface area contributed by atoms with Gasteiger partial charge in [-0.3, -0.25) is 4.79 Å². The van der Waals surface area contributed by atoms with Gasteiger partial charge in [0.2, 0.25) is 15.9 Å². The van der Waals surface area contributed by atoms with Gasteiger partial charge in [0.15, 0.2) is 0 Å². The molecule has 0 radical (unpaired) electrons. The summed E-state index contributed by atoms with van der Waals surface area (Å²) in [6.07, 6.45) is 0. The lowest BCUT2D eigenvalue weighted by Gasteiger charge is -2.15. The molecule has 7 heteroatoms. The van der Waals surface area contributed by atoms with Crippen LogP contribution >= 0.6 is 0 Å². The maximum Gasteiger partial charge on any atom is 0.243 e. The Kier molecular flexibility index (Phi) is 4.06. The van der Waals surface area contributed by atoms with Crippen molar-refractivity contribution in [2.45, 2.75) is 11.8 Å². The topological polar surface area (TPSA) is 104 Å². The van der Waals surface area contributed by atoms with E-state index in [1.54, 1.807) is 6.92 Å². The van der Waals surface area contributed by atoms with Gasteiger partial charge in [0.1, 0.15) is 0 Å². The van der Waals surface area contributed by atoms with Gasteiger partial charge in [-0.2, -0.15) is 9.57 Å². The minimum atomic E-state index is -3.76. The Hall–Kier alpha value is -1.91. The van der Waals surface area contributed by atoms with Crippen molar-refractivity contribution in [1.82, 2.24) is 4.31 Å². The van der Waals surface area contributed by atoms with Gasteiger partial charge < -0.3 is 5.73 Å². The van der Waals surface area contributed by atoms with Gasteiger partial charge in [-0.1, -0.05) is 0 Å². The molecule has 0 aliphatic carbocycles. The van der Waals surface area contributed by atoms with E-state index in [0.717, 1.165) is 4.31 Å². The van der Waals surface area contributed by atoms with E-state index in [2.05, 4.69) is 0 Å². The van der Waals surface area contributed by atoms with Crippen LogP contribution in [0.25, 0.3) is 0 Å². The first-order valence-electron chi connectivity index (χ1n) is 5.04. The maximum absolute atomic E-state index is 12.1. The van der Waals surface area contributed by atoms with Gasteiger partial charge in [0.25, 0.3) is 0 Å². The molecule has 1 rings (SSSR count). The molecule has 96 valence electrons. The third-order valence-corrected chi connectivity index (χ3v) is 4.20. The van der Waals surface area contributed by atoms with Crippen molar-refractivity contribution in [2.75, 3.05) is 13.6 Å². The van der Waals surface area contributed by atoms with Crippen LogP contribution in [0.4, 0.5) is 0 Å². The zero-order valence-corrected chi connectivity index (χ0v) is 10.9. The molecule has 6 nitrogen and oxygen atoms in total. The van der Waals surface area contributed by atoms with Crippen LogP contribution in [0, 0.1) is 18.3 Å². The number of primary amides is 1. The van der Waals surface area contributed by atoms with E-state index < -0.39 is 15.9 Å². The Morgan fingerprint density at radius 3 is 2.56 bits per heavy atom. The Balaban J connectivity index is 3.18. The fourth-order valence-electron chi connectivity index (χ4n) is 1.41. The molecule has 0 saturated heterocycles. The molecule has 0 heterocycles. The average Bonchev–Trinajstić information content (AvgIpc) is 2.27. The van der Waals surface area contributed by atoms with Crippen LogP contribution in [0.2, 0.25) is 0 Å². The van der Waals surface area contributed by atoms with E-state index in [4.69, 9.17) is 11.0 Å². The number of sulfonamides is 1. The Morgan fingerprint density at radius 1 is 1.50 bits per heavy atom. The molecule has 1 amide bonds. The molecule has 18 heavy (non-hydrogen) atoms. The number of nitrogens with zero attached hydrogens (tertiary/aromatic N) is 2. The van der Waals surface area contributed by atoms with Gasteiger partial charge in [0.05, 0.1) is 23.1 Å². The van der Waals surface area contributed by atoms with Crippen molar-refractivity contribution in [3.63, 3.8) is 0 Å². The molecule has 0 aliphatic heterocycles. The van der Waals surface area contributed by atoms with Crippen LogP contribution < -0.4 is 5.73 Å². The van der Waals surface area contributed by atoms with Crippen LogP contribution in [0.1, 0.15) is 11.1 Å². The average molecular weight is 267 g/mol. The lowest BCUT2D eigenvalue weighted by molar-refractivity contribution is -0.118. The van der Waals surface area contributed by atoms with Gasteiger partial charge >= 0.3 is 0 Å². The standard InChI is InChI=1S/C11H13N3O3S/c1-8-5-10(4-3-9(8)6-12)18(16,17)14(2)7-11(13)15/h3-5H,7H2,1-2H3,(H2,13,15).